The van der Waals surface area contributed by atoms with Crippen LogP contribution in [0.4, 0.5) is 8.78 Å². The Bertz CT molecular complexity index is 647. The number of methoxy groups -OCH3 is 1. The normalized spacial score (nSPS) is 10.3. The zero-order valence-electron chi connectivity index (χ0n) is 9.85. The molecule has 0 saturated carbocycles. The van der Waals surface area contributed by atoms with Gasteiger partial charge >= 0.3 is 6.01 Å². The quantitative estimate of drug-likeness (QED) is 0.912. The van der Waals surface area contributed by atoms with Crippen molar-refractivity contribution >= 4 is 5.91 Å². The Morgan fingerprint density at radius 1 is 1.26 bits per heavy atom. The summed E-state index contributed by atoms with van der Waals surface area (Å²) in [6.07, 6.45) is 0. The summed E-state index contributed by atoms with van der Waals surface area (Å²) in [5.41, 5.74) is 5.09. The summed E-state index contributed by atoms with van der Waals surface area (Å²) in [4.78, 5) is 18.7. The maximum absolute atomic E-state index is 13.6. The first-order valence-corrected chi connectivity index (χ1v) is 5.19. The minimum atomic E-state index is -0.809. The van der Waals surface area contributed by atoms with Gasteiger partial charge in [-0.25, -0.2) is 8.78 Å². The van der Waals surface area contributed by atoms with Crippen molar-refractivity contribution in [3.8, 4) is 17.3 Å². The van der Waals surface area contributed by atoms with Gasteiger partial charge in [0.2, 0.25) is 0 Å². The molecule has 2 N–H and O–H groups in total. The fourth-order valence-electron chi connectivity index (χ4n) is 1.48. The lowest BCUT2D eigenvalue weighted by molar-refractivity contribution is 0.0994. The van der Waals surface area contributed by atoms with E-state index in [-0.39, 0.29) is 23.0 Å². The van der Waals surface area contributed by atoms with Gasteiger partial charge < -0.3 is 10.5 Å². The molecule has 19 heavy (non-hydrogen) atoms. The van der Waals surface area contributed by atoms with Crippen molar-refractivity contribution in [2.24, 2.45) is 5.73 Å². The average Bonchev–Trinajstić information content (AvgIpc) is 2.38. The Kier molecular flexibility index (Phi) is 3.37. The highest BCUT2D eigenvalue weighted by molar-refractivity contribution is 5.91. The first-order chi connectivity index (χ1) is 9.01. The first kappa shape index (κ1) is 12.9. The number of halogens is 2. The molecule has 1 heterocycles. The fourth-order valence-corrected chi connectivity index (χ4v) is 1.48. The summed E-state index contributed by atoms with van der Waals surface area (Å²) in [5.74, 6) is -2.32. The van der Waals surface area contributed by atoms with Crippen LogP contribution in [-0.4, -0.2) is 23.0 Å². The number of hydrogen-bond donors (Lipinski definition) is 1. The topological polar surface area (TPSA) is 78.1 Å². The van der Waals surface area contributed by atoms with Gasteiger partial charge in [0.15, 0.2) is 0 Å². The van der Waals surface area contributed by atoms with Crippen molar-refractivity contribution in [3.05, 3.63) is 41.6 Å². The van der Waals surface area contributed by atoms with Crippen molar-refractivity contribution in [1.29, 1.82) is 0 Å². The summed E-state index contributed by atoms with van der Waals surface area (Å²) >= 11 is 0. The van der Waals surface area contributed by atoms with Gasteiger partial charge in [-0.3, -0.25) is 4.79 Å². The number of hydrogen-bond acceptors (Lipinski definition) is 4. The smallest absolute Gasteiger partial charge is 0.317 e. The number of carbonyl (C=O) groups excluding carboxylic acids is 1. The number of ether oxygens (including phenoxy) is 1. The summed E-state index contributed by atoms with van der Waals surface area (Å²) < 4.78 is 31.3. The van der Waals surface area contributed by atoms with Crippen LogP contribution in [0.15, 0.2) is 24.3 Å². The van der Waals surface area contributed by atoms with E-state index >= 15 is 0 Å². The van der Waals surface area contributed by atoms with Crippen LogP contribution in [0.2, 0.25) is 0 Å². The van der Waals surface area contributed by atoms with Crippen LogP contribution < -0.4 is 10.5 Å². The number of primary amides is 1. The molecule has 0 aliphatic carbocycles. The molecule has 1 aromatic carbocycles. The van der Waals surface area contributed by atoms with Gasteiger partial charge in [-0.2, -0.15) is 9.97 Å². The number of benzene rings is 1. The molecule has 2 aromatic rings. The average molecular weight is 265 g/mol. The lowest BCUT2D eigenvalue weighted by Gasteiger charge is -2.06. The Morgan fingerprint density at radius 3 is 2.58 bits per heavy atom. The van der Waals surface area contributed by atoms with Crippen molar-refractivity contribution in [1.82, 2.24) is 9.97 Å². The van der Waals surface area contributed by atoms with Crippen LogP contribution in [-0.2, 0) is 0 Å². The third-order valence-electron chi connectivity index (χ3n) is 2.35. The predicted octanol–water partition coefficient (Wildman–Crippen LogP) is 1.53. The molecular formula is C12H9F2N3O2. The Labute approximate surface area is 107 Å². The monoisotopic (exact) mass is 265 g/mol. The standard InChI is InChI=1S/C12H9F2N3O2/c1-19-12-16-9(5-10(17-12)11(15)18)7-3-2-6(13)4-8(7)14/h2-5H,1H3,(H2,15,18). The maximum atomic E-state index is 13.6. The number of aromatic nitrogens is 2. The van der Waals surface area contributed by atoms with Gasteiger partial charge in [0.05, 0.1) is 12.8 Å². The SMILES string of the molecule is COc1nc(C(N)=O)cc(-c2ccc(F)cc2F)n1. The molecule has 2 rings (SSSR count). The third-order valence-corrected chi connectivity index (χ3v) is 2.35. The highest BCUT2D eigenvalue weighted by Crippen LogP contribution is 2.23. The predicted molar refractivity (Wildman–Crippen MR) is 62.5 cm³/mol. The third kappa shape index (κ3) is 2.65. The van der Waals surface area contributed by atoms with Crippen LogP contribution in [0.5, 0.6) is 6.01 Å². The molecule has 0 radical (unpaired) electrons. The summed E-state index contributed by atoms with van der Waals surface area (Å²) in [6.45, 7) is 0. The maximum Gasteiger partial charge on any atom is 0.317 e. The molecule has 0 unspecified atom stereocenters. The van der Waals surface area contributed by atoms with Gasteiger partial charge in [-0.15, -0.1) is 0 Å². The zero-order valence-corrected chi connectivity index (χ0v) is 9.85. The molecule has 1 aromatic heterocycles. The van der Waals surface area contributed by atoms with Crippen molar-refractivity contribution in [2.75, 3.05) is 7.11 Å². The lowest BCUT2D eigenvalue weighted by atomic mass is 10.1. The van der Waals surface area contributed by atoms with Crippen LogP contribution in [0.3, 0.4) is 0 Å². The molecule has 1 amide bonds. The molecule has 0 fully saturated rings. The molecule has 0 atom stereocenters. The number of nitrogens with two attached hydrogens (primary N) is 1. The second-order valence-electron chi connectivity index (χ2n) is 3.61. The molecule has 0 aliphatic rings. The summed E-state index contributed by atoms with van der Waals surface area (Å²) in [6, 6.07) is 4.08. The van der Waals surface area contributed by atoms with Crippen molar-refractivity contribution < 1.29 is 18.3 Å². The van der Waals surface area contributed by atoms with Gasteiger partial charge in [0.1, 0.15) is 17.3 Å². The number of carbonyl (C=O) groups is 1. The first-order valence-electron chi connectivity index (χ1n) is 5.19. The van der Waals surface area contributed by atoms with E-state index in [4.69, 9.17) is 10.5 Å². The van der Waals surface area contributed by atoms with Crippen LogP contribution in [0.1, 0.15) is 10.5 Å². The van der Waals surface area contributed by atoms with E-state index in [1.165, 1.54) is 19.2 Å². The van der Waals surface area contributed by atoms with E-state index in [9.17, 15) is 13.6 Å². The Hall–Kier alpha value is -2.57. The van der Waals surface area contributed by atoms with Gasteiger partial charge in [-0.05, 0) is 18.2 Å². The number of rotatable bonds is 3. The highest BCUT2D eigenvalue weighted by atomic mass is 19.1. The second-order valence-corrected chi connectivity index (χ2v) is 3.61. The van der Waals surface area contributed by atoms with Crippen molar-refractivity contribution in [2.45, 2.75) is 0 Å². The number of nitrogens with zero attached hydrogens (tertiary/aromatic N) is 2. The highest BCUT2D eigenvalue weighted by Gasteiger charge is 2.14. The molecular weight excluding hydrogens is 256 g/mol. The fraction of sp³-hybridized carbons (Fsp3) is 0.0833. The van der Waals surface area contributed by atoms with Crippen LogP contribution >= 0.6 is 0 Å². The number of amides is 1. The van der Waals surface area contributed by atoms with Crippen LogP contribution in [0, 0.1) is 11.6 Å². The summed E-state index contributed by atoms with van der Waals surface area (Å²) in [7, 11) is 1.30. The van der Waals surface area contributed by atoms with E-state index in [0.717, 1.165) is 6.07 Å². The van der Waals surface area contributed by atoms with E-state index in [2.05, 4.69) is 9.97 Å². The zero-order chi connectivity index (χ0) is 14.0. The summed E-state index contributed by atoms with van der Waals surface area (Å²) in [5, 5.41) is 0. The second kappa shape index (κ2) is 4.97. The minimum absolute atomic E-state index is 0.0181. The molecule has 7 heteroatoms. The molecule has 98 valence electrons. The molecule has 5 nitrogen and oxygen atoms in total. The van der Waals surface area contributed by atoms with E-state index in [1.807, 2.05) is 0 Å². The Morgan fingerprint density at radius 2 is 2.00 bits per heavy atom. The lowest BCUT2D eigenvalue weighted by Crippen LogP contribution is -2.14. The molecule has 0 aliphatic heterocycles. The largest absolute Gasteiger partial charge is 0.467 e. The van der Waals surface area contributed by atoms with E-state index < -0.39 is 17.5 Å². The van der Waals surface area contributed by atoms with Crippen molar-refractivity contribution in [3.63, 3.8) is 0 Å². The molecule has 0 bridgehead atoms. The van der Waals surface area contributed by atoms with Gasteiger partial charge in [-0.1, -0.05) is 0 Å². The molecule has 0 spiro atoms. The Balaban J connectivity index is 2.60. The minimum Gasteiger partial charge on any atom is -0.467 e. The van der Waals surface area contributed by atoms with Gasteiger partial charge in [0.25, 0.3) is 5.91 Å². The van der Waals surface area contributed by atoms with Gasteiger partial charge in [0, 0.05) is 11.6 Å². The van der Waals surface area contributed by atoms with Crippen LogP contribution in [0.25, 0.3) is 11.3 Å². The molecule has 0 saturated heterocycles. The van der Waals surface area contributed by atoms with E-state index in [0.29, 0.717) is 6.07 Å². The van der Waals surface area contributed by atoms with E-state index in [1.54, 1.807) is 0 Å².